The van der Waals surface area contributed by atoms with Crippen molar-refractivity contribution < 1.29 is 0 Å². The summed E-state index contributed by atoms with van der Waals surface area (Å²) in [7, 11) is 0. The largest absolute Gasteiger partial charge is 0.381 e. The van der Waals surface area contributed by atoms with E-state index in [2.05, 4.69) is 66.5 Å². The molecule has 0 aliphatic rings. The first-order valence-corrected chi connectivity index (χ1v) is 5.73. The minimum atomic E-state index is 0.887. The fraction of sp³-hybridized carbons (Fsp3) is 0.286. The summed E-state index contributed by atoms with van der Waals surface area (Å²) in [6.07, 6.45) is 4.31. The van der Waals surface area contributed by atoms with Crippen molar-refractivity contribution in [2.24, 2.45) is 0 Å². The van der Waals surface area contributed by atoms with E-state index in [1.807, 2.05) is 0 Å². The zero-order valence-corrected chi connectivity index (χ0v) is 9.90. The lowest BCUT2D eigenvalue weighted by molar-refractivity contribution is 0.766. The summed E-state index contributed by atoms with van der Waals surface area (Å²) >= 11 is 0. The number of aromatic nitrogens is 1. The van der Waals surface area contributed by atoms with Gasteiger partial charge < -0.3 is 9.88 Å². The number of aryl methyl sites for hydroxylation is 2. The molecule has 0 amide bonds. The number of para-hydroxylation sites is 1. The maximum Gasteiger partial charge on any atom is 0.0415 e. The van der Waals surface area contributed by atoms with Crippen LogP contribution in [0.2, 0.25) is 0 Å². The van der Waals surface area contributed by atoms with Crippen molar-refractivity contribution in [2.45, 2.75) is 26.9 Å². The highest BCUT2D eigenvalue weighted by atomic mass is 14.9. The minimum Gasteiger partial charge on any atom is -0.381 e. The van der Waals surface area contributed by atoms with Crippen LogP contribution in [0.25, 0.3) is 0 Å². The van der Waals surface area contributed by atoms with Gasteiger partial charge in [-0.2, -0.15) is 0 Å². The van der Waals surface area contributed by atoms with Crippen LogP contribution in [0.5, 0.6) is 0 Å². The Morgan fingerprint density at radius 3 is 2.69 bits per heavy atom. The Morgan fingerprint density at radius 1 is 1.19 bits per heavy atom. The average molecular weight is 214 g/mol. The maximum absolute atomic E-state index is 3.45. The number of benzene rings is 1. The molecule has 2 aromatic rings. The lowest BCUT2D eigenvalue weighted by Gasteiger charge is -2.07. The first-order valence-electron chi connectivity index (χ1n) is 5.73. The maximum atomic E-state index is 3.45. The molecule has 1 heterocycles. The summed E-state index contributed by atoms with van der Waals surface area (Å²) in [6.45, 7) is 6.19. The highest BCUT2D eigenvalue weighted by Gasteiger charge is 1.98. The summed E-state index contributed by atoms with van der Waals surface area (Å²) in [4.78, 5) is 0. The fourth-order valence-corrected chi connectivity index (χ4v) is 1.76. The molecule has 1 aromatic carbocycles. The van der Waals surface area contributed by atoms with Crippen molar-refractivity contribution in [2.75, 3.05) is 5.32 Å². The van der Waals surface area contributed by atoms with Gasteiger partial charge in [0.05, 0.1) is 0 Å². The zero-order chi connectivity index (χ0) is 11.4. The quantitative estimate of drug-likeness (QED) is 0.825. The van der Waals surface area contributed by atoms with Gasteiger partial charge in [-0.15, -0.1) is 0 Å². The van der Waals surface area contributed by atoms with E-state index in [1.165, 1.54) is 16.8 Å². The molecular weight excluding hydrogens is 196 g/mol. The first-order chi connectivity index (χ1) is 7.79. The number of hydrogen-bond donors (Lipinski definition) is 1. The second kappa shape index (κ2) is 4.88. The van der Waals surface area contributed by atoms with Gasteiger partial charge in [-0.05, 0) is 37.1 Å². The first kappa shape index (κ1) is 10.8. The van der Waals surface area contributed by atoms with E-state index >= 15 is 0 Å². The smallest absolute Gasteiger partial charge is 0.0415 e. The third kappa shape index (κ3) is 2.45. The molecule has 0 spiro atoms. The van der Waals surface area contributed by atoms with Crippen molar-refractivity contribution >= 4 is 5.69 Å². The van der Waals surface area contributed by atoms with Crippen LogP contribution in [-0.4, -0.2) is 4.57 Å². The van der Waals surface area contributed by atoms with Crippen molar-refractivity contribution in [1.29, 1.82) is 0 Å². The third-order valence-electron chi connectivity index (χ3n) is 2.80. The molecule has 84 valence electrons. The highest BCUT2D eigenvalue weighted by Crippen LogP contribution is 2.14. The molecule has 0 unspecified atom stereocenters. The lowest BCUT2D eigenvalue weighted by atomic mass is 10.2. The molecule has 2 rings (SSSR count). The molecule has 0 atom stereocenters. The summed E-state index contributed by atoms with van der Waals surface area (Å²) in [6, 6.07) is 10.5. The van der Waals surface area contributed by atoms with Gasteiger partial charge in [-0.25, -0.2) is 0 Å². The van der Waals surface area contributed by atoms with Crippen LogP contribution in [0.15, 0.2) is 42.7 Å². The normalized spacial score (nSPS) is 10.4. The third-order valence-corrected chi connectivity index (χ3v) is 2.80. The van der Waals surface area contributed by atoms with Crippen LogP contribution in [0.3, 0.4) is 0 Å². The van der Waals surface area contributed by atoms with Crippen molar-refractivity contribution in [1.82, 2.24) is 4.57 Å². The number of nitrogens with zero attached hydrogens (tertiary/aromatic N) is 1. The van der Waals surface area contributed by atoms with Gasteiger partial charge in [0, 0.05) is 31.2 Å². The molecule has 1 aromatic heterocycles. The molecule has 0 aliphatic carbocycles. The van der Waals surface area contributed by atoms with E-state index in [9.17, 15) is 0 Å². The van der Waals surface area contributed by atoms with Crippen molar-refractivity contribution in [3.8, 4) is 0 Å². The van der Waals surface area contributed by atoms with Crippen LogP contribution in [0, 0.1) is 6.92 Å². The summed E-state index contributed by atoms with van der Waals surface area (Å²) in [5.41, 5.74) is 3.83. The van der Waals surface area contributed by atoms with Crippen LogP contribution < -0.4 is 5.32 Å². The van der Waals surface area contributed by atoms with Crippen molar-refractivity contribution in [3.05, 3.63) is 53.9 Å². The topological polar surface area (TPSA) is 17.0 Å². The molecule has 0 bridgehead atoms. The molecule has 2 heteroatoms. The van der Waals surface area contributed by atoms with Gasteiger partial charge in [-0.1, -0.05) is 18.2 Å². The van der Waals surface area contributed by atoms with Gasteiger partial charge in [0.2, 0.25) is 0 Å². The van der Waals surface area contributed by atoms with Gasteiger partial charge >= 0.3 is 0 Å². The average Bonchev–Trinajstić information content (AvgIpc) is 2.76. The Hall–Kier alpha value is -1.70. The molecule has 1 N–H and O–H groups in total. The zero-order valence-electron chi connectivity index (χ0n) is 9.90. The predicted molar refractivity (Wildman–Crippen MR) is 68.6 cm³/mol. The number of hydrogen-bond acceptors (Lipinski definition) is 1. The molecule has 0 saturated heterocycles. The number of nitrogens with one attached hydrogen (secondary N) is 1. The standard InChI is InChI=1S/C14H18N2/c1-3-16-9-8-13(11-16)10-15-14-7-5-4-6-12(14)2/h4-9,11,15H,3,10H2,1-2H3. The van der Waals surface area contributed by atoms with Gasteiger partial charge in [0.1, 0.15) is 0 Å². The Bertz CT molecular complexity index is 457. The molecule has 0 radical (unpaired) electrons. The molecule has 0 fully saturated rings. The van der Waals surface area contributed by atoms with Crippen molar-refractivity contribution in [3.63, 3.8) is 0 Å². The van der Waals surface area contributed by atoms with E-state index < -0.39 is 0 Å². The van der Waals surface area contributed by atoms with Crippen LogP contribution >= 0.6 is 0 Å². The van der Waals surface area contributed by atoms with Gasteiger partial charge in [0.15, 0.2) is 0 Å². The highest BCUT2D eigenvalue weighted by molar-refractivity contribution is 5.50. The Morgan fingerprint density at radius 2 is 2.00 bits per heavy atom. The molecule has 0 aliphatic heterocycles. The summed E-state index contributed by atoms with van der Waals surface area (Å²) in [5, 5.41) is 3.45. The Labute approximate surface area is 96.9 Å². The van der Waals surface area contributed by atoms with Crippen LogP contribution in [-0.2, 0) is 13.1 Å². The minimum absolute atomic E-state index is 0.887. The van der Waals surface area contributed by atoms with E-state index in [-0.39, 0.29) is 0 Å². The van der Waals surface area contributed by atoms with E-state index in [4.69, 9.17) is 0 Å². The predicted octanol–water partition coefficient (Wildman–Crippen LogP) is 3.43. The summed E-state index contributed by atoms with van der Waals surface area (Å²) in [5.74, 6) is 0. The fourth-order valence-electron chi connectivity index (χ4n) is 1.76. The number of rotatable bonds is 4. The summed E-state index contributed by atoms with van der Waals surface area (Å²) < 4.78 is 2.19. The lowest BCUT2D eigenvalue weighted by Crippen LogP contribution is -2.00. The van der Waals surface area contributed by atoms with Crippen LogP contribution in [0.1, 0.15) is 18.1 Å². The molecule has 2 nitrogen and oxygen atoms in total. The number of anilines is 1. The monoisotopic (exact) mass is 214 g/mol. The van der Waals surface area contributed by atoms with Gasteiger partial charge in [-0.3, -0.25) is 0 Å². The Balaban J connectivity index is 1.99. The molecular formula is C14H18N2. The molecule has 16 heavy (non-hydrogen) atoms. The van der Waals surface area contributed by atoms with E-state index in [0.717, 1.165) is 13.1 Å². The SMILES string of the molecule is CCn1ccc(CNc2ccccc2C)c1. The second-order valence-corrected chi connectivity index (χ2v) is 4.02. The van der Waals surface area contributed by atoms with Gasteiger partial charge in [0.25, 0.3) is 0 Å². The molecule has 0 saturated carbocycles. The second-order valence-electron chi connectivity index (χ2n) is 4.02. The van der Waals surface area contributed by atoms with E-state index in [0.29, 0.717) is 0 Å². The van der Waals surface area contributed by atoms with E-state index in [1.54, 1.807) is 0 Å². The Kier molecular flexibility index (Phi) is 3.30. The van der Waals surface area contributed by atoms with Crippen LogP contribution in [0.4, 0.5) is 5.69 Å².